The fraction of sp³-hybridized carbons (Fsp3) is 0.857. The van der Waals surface area contributed by atoms with Gasteiger partial charge in [0.2, 0.25) is 0 Å². The van der Waals surface area contributed by atoms with E-state index in [1.54, 1.807) is 0 Å². The van der Waals surface area contributed by atoms with Gasteiger partial charge in [-0.15, -0.1) is 6.58 Å². The minimum atomic E-state index is 0.713. The summed E-state index contributed by atoms with van der Waals surface area (Å²) in [4.78, 5) is 0. The number of hydrogen-bond acceptors (Lipinski definition) is 1. The summed E-state index contributed by atoms with van der Waals surface area (Å²) in [7, 11) is 0. The Bertz CT molecular complexity index is 142. The van der Waals surface area contributed by atoms with E-state index in [0.29, 0.717) is 6.04 Å². The van der Waals surface area contributed by atoms with Gasteiger partial charge in [-0.1, -0.05) is 33.3 Å². The Morgan fingerprint density at radius 2 is 1.93 bits per heavy atom. The SMILES string of the molecule is C=CCCCC(NCCC)C(C)CCC. The van der Waals surface area contributed by atoms with Crippen LogP contribution in [0.15, 0.2) is 12.7 Å². The van der Waals surface area contributed by atoms with E-state index in [0.717, 1.165) is 18.9 Å². The van der Waals surface area contributed by atoms with Gasteiger partial charge in [-0.25, -0.2) is 0 Å². The van der Waals surface area contributed by atoms with Gasteiger partial charge in [0.05, 0.1) is 0 Å². The van der Waals surface area contributed by atoms with Crippen molar-refractivity contribution >= 4 is 0 Å². The van der Waals surface area contributed by atoms with Gasteiger partial charge in [-0.05, 0) is 44.6 Å². The molecule has 0 aliphatic carbocycles. The molecule has 0 fully saturated rings. The fourth-order valence-corrected chi connectivity index (χ4v) is 2.06. The molecule has 0 aromatic rings. The van der Waals surface area contributed by atoms with Crippen LogP contribution in [0.3, 0.4) is 0 Å². The lowest BCUT2D eigenvalue weighted by Gasteiger charge is -2.25. The smallest absolute Gasteiger partial charge is 0.00927 e. The molecule has 0 aromatic heterocycles. The molecule has 0 aliphatic heterocycles. The van der Waals surface area contributed by atoms with Crippen LogP contribution in [-0.2, 0) is 0 Å². The molecule has 0 rings (SSSR count). The quantitative estimate of drug-likeness (QED) is 0.423. The van der Waals surface area contributed by atoms with E-state index in [9.17, 15) is 0 Å². The molecule has 0 amide bonds. The van der Waals surface area contributed by atoms with Gasteiger partial charge < -0.3 is 5.32 Å². The number of unbranched alkanes of at least 4 members (excludes halogenated alkanes) is 1. The number of allylic oxidation sites excluding steroid dienone is 1. The Balaban J connectivity index is 3.86. The third-order valence-corrected chi connectivity index (χ3v) is 3.01. The lowest BCUT2D eigenvalue weighted by molar-refractivity contribution is 0.332. The molecule has 2 atom stereocenters. The molecule has 0 spiro atoms. The average Bonchev–Trinajstić information content (AvgIpc) is 2.23. The van der Waals surface area contributed by atoms with Crippen LogP contribution in [0.4, 0.5) is 0 Å². The molecule has 0 heterocycles. The van der Waals surface area contributed by atoms with Gasteiger partial charge in [-0.2, -0.15) is 0 Å². The second-order valence-electron chi connectivity index (χ2n) is 4.55. The molecule has 0 saturated heterocycles. The molecule has 90 valence electrons. The highest BCUT2D eigenvalue weighted by atomic mass is 14.9. The summed E-state index contributed by atoms with van der Waals surface area (Å²) in [5.41, 5.74) is 0. The van der Waals surface area contributed by atoms with Crippen molar-refractivity contribution in [3.63, 3.8) is 0 Å². The second-order valence-corrected chi connectivity index (χ2v) is 4.55. The first-order chi connectivity index (χ1) is 7.26. The molecule has 15 heavy (non-hydrogen) atoms. The second kappa shape index (κ2) is 10.2. The maximum Gasteiger partial charge on any atom is 0.00927 e. The van der Waals surface area contributed by atoms with E-state index in [1.165, 1.54) is 32.1 Å². The summed E-state index contributed by atoms with van der Waals surface area (Å²) in [6, 6.07) is 0.713. The largest absolute Gasteiger partial charge is 0.314 e. The molecule has 0 bridgehead atoms. The van der Waals surface area contributed by atoms with E-state index >= 15 is 0 Å². The van der Waals surface area contributed by atoms with Crippen LogP contribution < -0.4 is 5.32 Å². The number of nitrogens with one attached hydrogen (secondary N) is 1. The molecule has 0 aliphatic rings. The molecule has 1 N–H and O–H groups in total. The highest BCUT2D eigenvalue weighted by molar-refractivity contribution is 4.75. The van der Waals surface area contributed by atoms with Crippen LogP contribution in [0.1, 0.15) is 59.3 Å². The minimum Gasteiger partial charge on any atom is -0.314 e. The first-order valence-electron chi connectivity index (χ1n) is 6.60. The van der Waals surface area contributed by atoms with E-state index in [1.807, 2.05) is 6.08 Å². The predicted octanol–water partition coefficient (Wildman–Crippen LogP) is 4.15. The molecule has 2 unspecified atom stereocenters. The van der Waals surface area contributed by atoms with Crippen LogP contribution in [0.2, 0.25) is 0 Å². The molecule has 0 radical (unpaired) electrons. The zero-order valence-electron chi connectivity index (χ0n) is 10.9. The van der Waals surface area contributed by atoms with Gasteiger partial charge in [0.15, 0.2) is 0 Å². The molecular formula is C14H29N. The molecule has 1 nitrogen and oxygen atoms in total. The van der Waals surface area contributed by atoms with Crippen molar-refractivity contribution in [2.75, 3.05) is 6.54 Å². The van der Waals surface area contributed by atoms with Crippen molar-refractivity contribution < 1.29 is 0 Å². The number of hydrogen-bond donors (Lipinski definition) is 1. The summed E-state index contributed by atoms with van der Waals surface area (Å²) < 4.78 is 0. The van der Waals surface area contributed by atoms with E-state index < -0.39 is 0 Å². The third kappa shape index (κ3) is 7.61. The van der Waals surface area contributed by atoms with Crippen LogP contribution in [-0.4, -0.2) is 12.6 Å². The normalized spacial score (nSPS) is 14.9. The molecule has 1 heteroatoms. The van der Waals surface area contributed by atoms with Crippen LogP contribution >= 0.6 is 0 Å². The third-order valence-electron chi connectivity index (χ3n) is 3.01. The zero-order valence-corrected chi connectivity index (χ0v) is 10.9. The Labute approximate surface area is 96.3 Å². The Morgan fingerprint density at radius 1 is 1.20 bits per heavy atom. The van der Waals surface area contributed by atoms with E-state index in [-0.39, 0.29) is 0 Å². The molecular weight excluding hydrogens is 182 g/mol. The minimum absolute atomic E-state index is 0.713. The van der Waals surface area contributed by atoms with Crippen LogP contribution in [0.25, 0.3) is 0 Å². The van der Waals surface area contributed by atoms with Crippen molar-refractivity contribution in [2.45, 2.75) is 65.3 Å². The maximum absolute atomic E-state index is 3.78. The summed E-state index contributed by atoms with van der Waals surface area (Å²) >= 11 is 0. The Hall–Kier alpha value is -0.300. The molecule has 0 saturated carbocycles. The topological polar surface area (TPSA) is 12.0 Å². The monoisotopic (exact) mass is 211 g/mol. The molecule has 0 aromatic carbocycles. The average molecular weight is 211 g/mol. The van der Waals surface area contributed by atoms with Crippen LogP contribution in [0, 0.1) is 5.92 Å². The fourth-order valence-electron chi connectivity index (χ4n) is 2.06. The Kier molecular flexibility index (Phi) is 10.0. The van der Waals surface area contributed by atoms with Crippen molar-refractivity contribution in [3.8, 4) is 0 Å². The Morgan fingerprint density at radius 3 is 2.47 bits per heavy atom. The van der Waals surface area contributed by atoms with E-state index in [4.69, 9.17) is 0 Å². The highest BCUT2D eigenvalue weighted by Crippen LogP contribution is 2.16. The zero-order chi connectivity index (χ0) is 11.5. The maximum atomic E-state index is 3.78. The first kappa shape index (κ1) is 14.7. The summed E-state index contributed by atoms with van der Waals surface area (Å²) in [5.74, 6) is 0.811. The predicted molar refractivity (Wildman–Crippen MR) is 70.2 cm³/mol. The van der Waals surface area contributed by atoms with Crippen molar-refractivity contribution in [3.05, 3.63) is 12.7 Å². The first-order valence-corrected chi connectivity index (χ1v) is 6.60. The lowest BCUT2D eigenvalue weighted by atomic mass is 9.92. The van der Waals surface area contributed by atoms with Gasteiger partial charge in [0.1, 0.15) is 0 Å². The number of rotatable bonds is 10. The van der Waals surface area contributed by atoms with Crippen molar-refractivity contribution in [1.82, 2.24) is 5.32 Å². The van der Waals surface area contributed by atoms with Crippen molar-refractivity contribution in [1.29, 1.82) is 0 Å². The summed E-state index contributed by atoms with van der Waals surface area (Å²) in [5, 5.41) is 3.68. The van der Waals surface area contributed by atoms with E-state index in [2.05, 4.69) is 32.7 Å². The standard InChI is InChI=1S/C14H29N/c1-5-8-9-11-14(15-12-7-3)13(4)10-6-2/h5,13-15H,1,6-12H2,2-4H3. The summed E-state index contributed by atoms with van der Waals surface area (Å²) in [6.07, 6.45) is 9.63. The van der Waals surface area contributed by atoms with Crippen LogP contribution in [0.5, 0.6) is 0 Å². The van der Waals surface area contributed by atoms with Gasteiger partial charge >= 0.3 is 0 Å². The summed E-state index contributed by atoms with van der Waals surface area (Å²) in [6.45, 7) is 11.8. The van der Waals surface area contributed by atoms with Gasteiger partial charge in [0, 0.05) is 6.04 Å². The van der Waals surface area contributed by atoms with Gasteiger partial charge in [0.25, 0.3) is 0 Å². The van der Waals surface area contributed by atoms with Gasteiger partial charge in [-0.3, -0.25) is 0 Å². The highest BCUT2D eigenvalue weighted by Gasteiger charge is 2.14. The van der Waals surface area contributed by atoms with Crippen molar-refractivity contribution in [2.24, 2.45) is 5.92 Å². The lowest BCUT2D eigenvalue weighted by Crippen LogP contribution is -2.35.